The highest BCUT2D eigenvalue weighted by atomic mass is 16.3. The summed E-state index contributed by atoms with van der Waals surface area (Å²) in [6.07, 6.45) is 9.94. The lowest BCUT2D eigenvalue weighted by molar-refractivity contribution is 0.132. The molecule has 3 aliphatic rings. The van der Waals surface area contributed by atoms with Crippen LogP contribution in [0.15, 0.2) is 24.3 Å². The highest BCUT2D eigenvalue weighted by Crippen LogP contribution is 2.52. The lowest BCUT2D eigenvalue weighted by Crippen LogP contribution is -2.23. The first-order chi connectivity index (χ1) is 5.36. The van der Waals surface area contributed by atoms with Crippen LogP contribution in [-0.2, 0) is 0 Å². The van der Waals surface area contributed by atoms with Gasteiger partial charge in [-0.15, -0.1) is 0 Å². The lowest BCUT2D eigenvalue weighted by Gasteiger charge is -2.22. The summed E-state index contributed by atoms with van der Waals surface area (Å²) >= 11 is 0. The molecule has 1 fully saturated rings. The minimum Gasteiger partial charge on any atom is -0.389 e. The van der Waals surface area contributed by atoms with Crippen molar-refractivity contribution in [1.29, 1.82) is 0 Å². The molecule has 58 valence electrons. The number of aliphatic hydroxyl groups excluding tert-OH is 1. The van der Waals surface area contributed by atoms with Gasteiger partial charge in [0.05, 0.1) is 6.10 Å². The molecule has 0 amide bonds. The van der Waals surface area contributed by atoms with E-state index in [-0.39, 0.29) is 6.10 Å². The molecular formula is C10H12O. The summed E-state index contributed by atoms with van der Waals surface area (Å²) in [7, 11) is 0. The minimum absolute atomic E-state index is 0.153. The van der Waals surface area contributed by atoms with Crippen LogP contribution in [0.2, 0.25) is 0 Å². The Labute approximate surface area is 66.4 Å². The average Bonchev–Trinajstić information content (AvgIpc) is 2.60. The van der Waals surface area contributed by atoms with Crippen molar-refractivity contribution in [2.75, 3.05) is 0 Å². The maximum atomic E-state index is 9.60. The second-order valence-corrected chi connectivity index (χ2v) is 3.98. The average molecular weight is 148 g/mol. The predicted octanol–water partition coefficient (Wildman–Crippen LogP) is 1.36. The van der Waals surface area contributed by atoms with Crippen LogP contribution in [0.1, 0.15) is 6.42 Å². The molecule has 0 unspecified atom stereocenters. The van der Waals surface area contributed by atoms with Crippen LogP contribution in [0, 0.1) is 23.7 Å². The Bertz CT molecular complexity index is 241. The number of rotatable bonds is 0. The lowest BCUT2D eigenvalue weighted by atomic mass is 9.84. The van der Waals surface area contributed by atoms with Gasteiger partial charge in [0.15, 0.2) is 0 Å². The van der Waals surface area contributed by atoms with Gasteiger partial charge < -0.3 is 5.11 Å². The Hall–Kier alpha value is -0.560. The van der Waals surface area contributed by atoms with Crippen LogP contribution in [0.4, 0.5) is 0 Å². The van der Waals surface area contributed by atoms with Crippen LogP contribution in [0.5, 0.6) is 0 Å². The van der Waals surface area contributed by atoms with Crippen LogP contribution < -0.4 is 0 Å². The SMILES string of the molecule is O[C@H]1C=C[C@H]2[C@@H]1[C@H]1C=C[C@@H]2C1. The third-order valence-corrected chi connectivity index (χ3v) is 3.51. The fourth-order valence-electron chi connectivity index (χ4n) is 3.02. The van der Waals surface area contributed by atoms with Gasteiger partial charge >= 0.3 is 0 Å². The highest BCUT2D eigenvalue weighted by molar-refractivity contribution is 5.24. The molecule has 0 aromatic carbocycles. The fourth-order valence-corrected chi connectivity index (χ4v) is 3.02. The van der Waals surface area contributed by atoms with Crippen LogP contribution in [0.3, 0.4) is 0 Å². The van der Waals surface area contributed by atoms with Gasteiger partial charge in [-0.25, -0.2) is 0 Å². The van der Waals surface area contributed by atoms with E-state index in [2.05, 4.69) is 18.2 Å². The summed E-state index contributed by atoms with van der Waals surface area (Å²) in [6, 6.07) is 0. The Morgan fingerprint density at radius 1 is 1.00 bits per heavy atom. The molecule has 0 aromatic heterocycles. The molecule has 0 saturated heterocycles. The minimum atomic E-state index is -0.153. The molecule has 3 aliphatic carbocycles. The third-order valence-electron chi connectivity index (χ3n) is 3.51. The van der Waals surface area contributed by atoms with E-state index in [0.717, 1.165) is 5.92 Å². The van der Waals surface area contributed by atoms with Crippen LogP contribution in [-0.4, -0.2) is 11.2 Å². The van der Waals surface area contributed by atoms with Crippen molar-refractivity contribution in [2.45, 2.75) is 12.5 Å². The van der Waals surface area contributed by atoms with Gasteiger partial charge in [-0.3, -0.25) is 0 Å². The van der Waals surface area contributed by atoms with Gasteiger partial charge in [0, 0.05) is 5.92 Å². The Balaban J connectivity index is 2.02. The first-order valence-corrected chi connectivity index (χ1v) is 4.41. The summed E-state index contributed by atoms with van der Waals surface area (Å²) in [5.74, 6) is 2.62. The van der Waals surface area contributed by atoms with E-state index in [1.54, 1.807) is 0 Å². The van der Waals surface area contributed by atoms with Gasteiger partial charge in [0.2, 0.25) is 0 Å². The molecule has 0 heterocycles. The fraction of sp³-hybridized carbons (Fsp3) is 0.600. The molecule has 0 aliphatic heterocycles. The summed E-state index contributed by atoms with van der Waals surface area (Å²) in [5, 5.41) is 9.60. The molecule has 0 aromatic rings. The van der Waals surface area contributed by atoms with E-state index in [0.29, 0.717) is 17.8 Å². The largest absolute Gasteiger partial charge is 0.389 e. The maximum absolute atomic E-state index is 9.60. The highest BCUT2D eigenvalue weighted by Gasteiger charge is 2.48. The van der Waals surface area contributed by atoms with Crippen molar-refractivity contribution in [3.63, 3.8) is 0 Å². The first-order valence-electron chi connectivity index (χ1n) is 4.41. The van der Waals surface area contributed by atoms with Gasteiger partial charge in [-0.2, -0.15) is 0 Å². The maximum Gasteiger partial charge on any atom is 0.0760 e. The summed E-state index contributed by atoms with van der Waals surface area (Å²) in [4.78, 5) is 0. The van der Waals surface area contributed by atoms with Gasteiger partial charge in [0.25, 0.3) is 0 Å². The molecular weight excluding hydrogens is 136 g/mol. The molecule has 3 rings (SSSR count). The van der Waals surface area contributed by atoms with Gasteiger partial charge in [-0.05, 0) is 24.2 Å². The van der Waals surface area contributed by atoms with Crippen molar-refractivity contribution in [3.05, 3.63) is 24.3 Å². The first kappa shape index (κ1) is 6.01. The molecule has 1 nitrogen and oxygen atoms in total. The predicted molar refractivity (Wildman–Crippen MR) is 42.9 cm³/mol. The van der Waals surface area contributed by atoms with Crippen LogP contribution >= 0.6 is 0 Å². The molecule has 2 bridgehead atoms. The normalized spacial score (nSPS) is 57.4. The Kier molecular flexibility index (Phi) is 0.972. The zero-order valence-corrected chi connectivity index (χ0v) is 6.35. The van der Waals surface area contributed by atoms with Gasteiger partial charge in [-0.1, -0.05) is 24.3 Å². The van der Waals surface area contributed by atoms with E-state index in [4.69, 9.17) is 0 Å². The number of hydrogen-bond acceptors (Lipinski definition) is 1. The monoisotopic (exact) mass is 148 g/mol. The number of hydrogen-bond donors (Lipinski definition) is 1. The van der Waals surface area contributed by atoms with Crippen LogP contribution in [0.25, 0.3) is 0 Å². The van der Waals surface area contributed by atoms with Crippen molar-refractivity contribution in [1.82, 2.24) is 0 Å². The number of allylic oxidation sites excluding steroid dienone is 3. The molecule has 5 atom stereocenters. The van der Waals surface area contributed by atoms with Crippen molar-refractivity contribution in [2.24, 2.45) is 23.7 Å². The molecule has 11 heavy (non-hydrogen) atoms. The third kappa shape index (κ3) is 0.603. The molecule has 1 N–H and O–H groups in total. The summed E-state index contributed by atoms with van der Waals surface area (Å²) in [6.45, 7) is 0. The summed E-state index contributed by atoms with van der Waals surface area (Å²) < 4.78 is 0. The second-order valence-electron chi connectivity index (χ2n) is 3.98. The number of aliphatic hydroxyl groups is 1. The van der Waals surface area contributed by atoms with Crippen molar-refractivity contribution < 1.29 is 5.11 Å². The van der Waals surface area contributed by atoms with Crippen molar-refractivity contribution in [3.8, 4) is 0 Å². The number of fused-ring (bicyclic) bond motifs is 5. The van der Waals surface area contributed by atoms with Gasteiger partial charge in [0.1, 0.15) is 0 Å². The molecule has 0 radical (unpaired) electrons. The molecule has 1 heteroatoms. The van der Waals surface area contributed by atoms with E-state index >= 15 is 0 Å². The smallest absolute Gasteiger partial charge is 0.0760 e. The topological polar surface area (TPSA) is 20.2 Å². The second kappa shape index (κ2) is 1.78. The zero-order valence-electron chi connectivity index (χ0n) is 6.35. The van der Waals surface area contributed by atoms with E-state index in [1.807, 2.05) is 6.08 Å². The molecule has 0 spiro atoms. The quantitative estimate of drug-likeness (QED) is 0.514. The van der Waals surface area contributed by atoms with E-state index < -0.39 is 0 Å². The van der Waals surface area contributed by atoms with Crippen molar-refractivity contribution >= 4 is 0 Å². The Morgan fingerprint density at radius 3 is 2.64 bits per heavy atom. The zero-order chi connectivity index (χ0) is 7.42. The van der Waals surface area contributed by atoms with E-state index in [9.17, 15) is 5.11 Å². The van der Waals surface area contributed by atoms with E-state index in [1.165, 1.54) is 6.42 Å². The Morgan fingerprint density at radius 2 is 1.82 bits per heavy atom. The summed E-state index contributed by atoms with van der Waals surface area (Å²) in [5.41, 5.74) is 0. The standard InChI is InChI=1S/C10H12O/c11-9-4-3-8-6-1-2-7(5-6)10(8)9/h1-4,6-11H,5H2/t6-,7+,8-,9+,10+/m1/s1. The molecule has 1 saturated carbocycles.